The van der Waals surface area contributed by atoms with Crippen molar-refractivity contribution in [1.82, 2.24) is 19.5 Å². The molecule has 132 valence electrons. The van der Waals surface area contributed by atoms with E-state index in [9.17, 15) is 5.11 Å². The fraction of sp³-hybridized carbons (Fsp3) is 0.667. The Morgan fingerprint density at radius 3 is 2.96 bits per heavy atom. The van der Waals surface area contributed by atoms with Crippen molar-refractivity contribution >= 4 is 17.0 Å². The minimum Gasteiger partial charge on any atom is -0.387 e. The number of nitrogen functional groups attached to an aromatic ring is 1. The summed E-state index contributed by atoms with van der Waals surface area (Å²) < 4.78 is 18.7. The summed E-state index contributed by atoms with van der Waals surface area (Å²) in [6, 6.07) is 0. The molecular weight excluding hydrogens is 314 g/mol. The van der Waals surface area contributed by atoms with Crippen LogP contribution in [-0.4, -0.2) is 63.3 Å². The standard InChI is InChI=1S/C15H23N5O4/c1-3-4-5-23-12-11(21)9(6-22-2)24-15(12)20-8-19-10-13(16)17-7-18-14(10)20/h7-9,11-12,15,21H,3-6H2,1-2H3,(H2,16,17,18)/t9-,11-,12-,15-/m1/s1. The summed E-state index contributed by atoms with van der Waals surface area (Å²) in [7, 11) is 1.57. The third kappa shape index (κ3) is 3.07. The molecule has 0 aliphatic carbocycles. The maximum atomic E-state index is 10.6. The predicted octanol–water partition coefficient (Wildman–Crippen LogP) is 0.499. The molecule has 9 nitrogen and oxygen atoms in total. The van der Waals surface area contributed by atoms with Gasteiger partial charge in [0.15, 0.2) is 17.7 Å². The fourth-order valence-electron chi connectivity index (χ4n) is 2.84. The number of hydrogen-bond acceptors (Lipinski definition) is 8. The molecule has 24 heavy (non-hydrogen) atoms. The maximum absolute atomic E-state index is 10.6. The number of anilines is 1. The highest BCUT2D eigenvalue weighted by Crippen LogP contribution is 2.34. The van der Waals surface area contributed by atoms with Crippen LogP contribution in [-0.2, 0) is 14.2 Å². The lowest BCUT2D eigenvalue weighted by molar-refractivity contribution is -0.0730. The topological polar surface area (TPSA) is 118 Å². The Balaban J connectivity index is 1.91. The third-order valence-corrected chi connectivity index (χ3v) is 4.11. The van der Waals surface area contributed by atoms with E-state index in [0.717, 1.165) is 12.8 Å². The van der Waals surface area contributed by atoms with Crippen molar-refractivity contribution in [2.75, 3.05) is 26.1 Å². The number of ether oxygens (including phenoxy) is 3. The van der Waals surface area contributed by atoms with Crippen LogP contribution in [0.4, 0.5) is 5.82 Å². The summed E-state index contributed by atoms with van der Waals surface area (Å²) in [6.07, 6.45) is 2.49. The lowest BCUT2D eigenvalue weighted by atomic mass is 10.1. The van der Waals surface area contributed by atoms with Gasteiger partial charge >= 0.3 is 0 Å². The second-order valence-corrected chi connectivity index (χ2v) is 5.78. The van der Waals surface area contributed by atoms with E-state index in [1.807, 2.05) is 0 Å². The van der Waals surface area contributed by atoms with E-state index < -0.39 is 24.5 Å². The van der Waals surface area contributed by atoms with Crippen LogP contribution in [0.5, 0.6) is 0 Å². The normalized spacial score (nSPS) is 27.1. The first-order valence-electron chi connectivity index (χ1n) is 8.04. The molecule has 0 saturated carbocycles. The van der Waals surface area contributed by atoms with Gasteiger partial charge in [0.05, 0.1) is 12.9 Å². The van der Waals surface area contributed by atoms with Crippen molar-refractivity contribution in [2.24, 2.45) is 0 Å². The average Bonchev–Trinajstić information content (AvgIpc) is 3.12. The minimum absolute atomic E-state index is 0.273. The zero-order valence-electron chi connectivity index (χ0n) is 13.8. The van der Waals surface area contributed by atoms with Gasteiger partial charge in [-0.3, -0.25) is 4.57 Å². The molecule has 1 fully saturated rings. The lowest BCUT2D eigenvalue weighted by Crippen LogP contribution is -2.36. The quantitative estimate of drug-likeness (QED) is 0.701. The van der Waals surface area contributed by atoms with E-state index in [2.05, 4.69) is 21.9 Å². The molecule has 0 unspecified atom stereocenters. The molecule has 0 aromatic carbocycles. The Kier molecular flexibility index (Phi) is 5.24. The van der Waals surface area contributed by atoms with Gasteiger partial charge in [0, 0.05) is 13.7 Å². The average molecular weight is 337 g/mol. The third-order valence-electron chi connectivity index (χ3n) is 4.11. The number of aromatic nitrogens is 4. The number of hydrogen-bond donors (Lipinski definition) is 2. The van der Waals surface area contributed by atoms with Gasteiger partial charge in [-0.25, -0.2) is 15.0 Å². The summed E-state index contributed by atoms with van der Waals surface area (Å²) >= 11 is 0. The fourth-order valence-corrected chi connectivity index (χ4v) is 2.84. The molecule has 3 N–H and O–H groups in total. The van der Waals surface area contributed by atoms with E-state index in [0.29, 0.717) is 23.6 Å². The van der Waals surface area contributed by atoms with Crippen molar-refractivity contribution in [3.63, 3.8) is 0 Å². The van der Waals surface area contributed by atoms with Crippen molar-refractivity contribution < 1.29 is 19.3 Å². The Hall–Kier alpha value is -1.81. The van der Waals surface area contributed by atoms with Crippen molar-refractivity contribution in [2.45, 2.75) is 44.3 Å². The smallest absolute Gasteiger partial charge is 0.167 e. The molecule has 2 aromatic heterocycles. The van der Waals surface area contributed by atoms with Crippen LogP contribution in [0.1, 0.15) is 26.0 Å². The molecule has 1 aliphatic heterocycles. The van der Waals surface area contributed by atoms with Crippen LogP contribution in [0.3, 0.4) is 0 Å². The highest BCUT2D eigenvalue weighted by Gasteiger charge is 2.46. The van der Waals surface area contributed by atoms with Gasteiger partial charge in [-0.15, -0.1) is 0 Å². The summed E-state index contributed by atoms with van der Waals surface area (Å²) in [5.41, 5.74) is 6.88. The van der Waals surface area contributed by atoms with E-state index >= 15 is 0 Å². The molecule has 0 spiro atoms. The van der Waals surface area contributed by atoms with Crippen molar-refractivity contribution in [1.29, 1.82) is 0 Å². The number of methoxy groups -OCH3 is 1. The molecule has 1 aliphatic rings. The van der Waals surface area contributed by atoms with Crippen LogP contribution in [0, 0.1) is 0 Å². The largest absolute Gasteiger partial charge is 0.387 e. The van der Waals surface area contributed by atoms with Crippen LogP contribution in [0.2, 0.25) is 0 Å². The Bertz CT molecular complexity index is 679. The highest BCUT2D eigenvalue weighted by molar-refractivity contribution is 5.81. The van der Waals surface area contributed by atoms with E-state index in [4.69, 9.17) is 19.9 Å². The first-order chi connectivity index (χ1) is 11.7. The number of unbranched alkanes of at least 4 members (excludes halogenated alkanes) is 1. The van der Waals surface area contributed by atoms with Crippen LogP contribution in [0.15, 0.2) is 12.7 Å². The number of aliphatic hydroxyl groups is 1. The van der Waals surface area contributed by atoms with Crippen molar-refractivity contribution in [3.8, 4) is 0 Å². The summed E-state index contributed by atoms with van der Waals surface area (Å²) in [5.74, 6) is 0.300. The highest BCUT2D eigenvalue weighted by atomic mass is 16.6. The first kappa shape index (κ1) is 17.0. The van der Waals surface area contributed by atoms with Crippen LogP contribution in [0.25, 0.3) is 11.2 Å². The van der Waals surface area contributed by atoms with Gasteiger partial charge in [-0.05, 0) is 6.42 Å². The number of nitrogens with two attached hydrogens (primary N) is 1. The first-order valence-corrected chi connectivity index (χ1v) is 8.04. The molecule has 4 atom stereocenters. The van der Waals surface area contributed by atoms with Gasteiger partial charge in [-0.2, -0.15) is 0 Å². The zero-order chi connectivity index (χ0) is 17.1. The summed E-state index contributed by atoms with van der Waals surface area (Å²) in [5, 5.41) is 10.6. The van der Waals surface area contributed by atoms with Gasteiger partial charge in [0.2, 0.25) is 0 Å². The molecule has 3 rings (SSSR count). The molecule has 0 radical (unpaired) electrons. The molecule has 1 saturated heterocycles. The van der Waals surface area contributed by atoms with Gasteiger partial charge in [-0.1, -0.05) is 13.3 Å². The zero-order valence-corrected chi connectivity index (χ0v) is 13.8. The maximum Gasteiger partial charge on any atom is 0.167 e. The Morgan fingerprint density at radius 2 is 2.21 bits per heavy atom. The second kappa shape index (κ2) is 7.39. The van der Waals surface area contributed by atoms with Gasteiger partial charge in [0.1, 0.15) is 30.2 Å². The SMILES string of the molecule is CCCCO[C@@H]1[C@H](O)[C@@H](COC)O[C@H]1n1cnc2c(N)ncnc21. The van der Waals surface area contributed by atoms with Crippen molar-refractivity contribution in [3.05, 3.63) is 12.7 Å². The summed E-state index contributed by atoms with van der Waals surface area (Å²) in [6.45, 7) is 2.90. The lowest BCUT2D eigenvalue weighted by Gasteiger charge is -2.22. The minimum atomic E-state index is -0.802. The van der Waals surface area contributed by atoms with Gasteiger partial charge < -0.3 is 25.1 Å². The van der Waals surface area contributed by atoms with Crippen LogP contribution < -0.4 is 5.73 Å². The van der Waals surface area contributed by atoms with E-state index in [1.165, 1.54) is 6.33 Å². The Labute approximate surface area is 139 Å². The molecule has 2 aromatic rings. The molecule has 0 bridgehead atoms. The molecule has 0 amide bonds. The number of aliphatic hydroxyl groups excluding tert-OH is 1. The molecule has 9 heteroatoms. The molecular formula is C15H23N5O4. The number of rotatable bonds is 7. The Morgan fingerprint density at radius 1 is 1.38 bits per heavy atom. The predicted molar refractivity (Wildman–Crippen MR) is 86.2 cm³/mol. The summed E-state index contributed by atoms with van der Waals surface area (Å²) in [4.78, 5) is 12.4. The number of nitrogens with zero attached hydrogens (tertiary/aromatic N) is 4. The monoisotopic (exact) mass is 337 g/mol. The van der Waals surface area contributed by atoms with E-state index in [1.54, 1.807) is 18.0 Å². The van der Waals surface area contributed by atoms with Crippen LogP contribution >= 0.6 is 0 Å². The molecule has 3 heterocycles. The number of fused-ring (bicyclic) bond motifs is 1. The number of imidazole rings is 1. The van der Waals surface area contributed by atoms with Gasteiger partial charge in [0.25, 0.3) is 0 Å². The second-order valence-electron chi connectivity index (χ2n) is 5.78. The van der Waals surface area contributed by atoms with E-state index in [-0.39, 0.29) is 6.61 Å².